The number of piperidine rings is 1. The predicted octanol–water partition coefficient (Wildman–Crippen LogP) is 2.69. The zero-order valence-corrected chi connectivity index (χ0v) is 13.0. The van der Waals surface area contributed by atoms with Gasteiger partial charge < -0.3 is 15.0 Å². The molecular formula is C15H18ClFN2O3. The number of rotatable bonds is 3. The third-order valence-electron chi connectivity index (χ3n) is 3.79. The molecule has 7 heteroatoms. The first-order valence-corrected chi connectivity index (χ1v) is 7.45. The maximum absolute atomic E-state index is 13.6. The number of nitrogens with one attached hydrogen (secondary N) is 1. The molecule has 0 saturated carbocycles. The van der Waals surface area contributed by atoms with Gasteiger partial charge in [-0.3, -0.25) is 4.79 Å². The van der Waals surface area contributed by atoms with Crippen LogP contribution in [0.5, 0.6) is 0 Å². The van der Waals surface area contributed by atoms with E-state index in [-0.39, 0.29) is 22.6 Å². The van der Waals surface area contributed by atoms with Crippen molar-refractivity contribution in [3.05, 3.63) is 34.6 Å². The fourth-order valence-electron chi connectivity index (χ4n) is 2.49. The Hall–Kier alpha value is -1.82. The van der Waals surface area contributed by atoms with E-state index in [0.29, 0.717) is 19.6 Å². The Balaban J connectivity index is 1.84. The highest BCUT2D eigenvalue weighted by molar-refractivity contribution is 6.33. The van der Waals surface area contributed by atoms with Gasteiger partial charge in [0.05, 0.1) is 17.7 Å². The average Bonchev–Trinajstić information content (AvgIpc) is 2.52. The minimum absolute atomic E-state index is 0.0954. The first kappa shape index (κ1) is 16.5. The van der Waals surface area contributed by atoms with Crippen LogP contribution in [0.3, 0.4) is 0 Å². The van der Waals surface area contributed by atoms with Crippen molar-refractivity contribution < 1.29 is 18.7 Å². The second kappa shape index (κ2) is 7.45. The molecule has 0 aromatic heterocycles. The predicted molar refractivity (Wildman–Crippen MR) is 80.4 cm³/mol. The Morgan fingerprint density at radius 1 is 1.41 bits per heavy atom. The Bertz CT molecular complexity index is 539. The van der Waals surface area contributed by atoms with Crippen molar-refractivity contribution in [3.63, 3.8) is 0 Å². The smallest absolute Gasteiger partial charge is 0.409 e. The summed E-state index contributed by atoms with van der Waals surface area (Å²) < 4.78 is 18.3. The third-order valence-corrected chi connectivity index (χ3v) is 4.10. The van der Waals surface area contributed by atoms with Crippen LogP contribution in [0, 0.1) is 11.7 Å². The van der Waals surface area contributed by atoms with Crippen LogP contribution in [-0.4, -0.2) is 43.6 Å². The summed E-state index contributed by atoms with van der Waals surface area (Å²) >= 11 is 5.86. The second-order valence-corrected chi connectivity index (χ2v) is 5.61. The molecule has 1 N–H and O–H groups in total. The van der Waals surface area contributed by atoms with Crippen molar-refractivity contribution in [1.82, 2.24) is 10.2 Å². The SMILES string of the molecule is COC(=O)N1CCC(CNC(=O)c2c(F)cccc2Cl)CC1. The van der Waals surface area contributed by atoms with Crippen LogP contribution >= 0.6 is 11.6 Å². The highest BCUT2D eigenvalue weighted by Gasteiger charge is 2.24. The Morgan fingerprint density at radius 2 is 2.09 bits per heavy atom. The monoisotopic (exact) mass is 328 g/mol. The summed E-state index contributed by atoms with van der Waals surface area (Å²) in [4.78, 5) is 25.0. The Kier molecular flexibility index (Phi) is 5.60. The Morgan fingerprint density at radius 3 is 2.68 bits per heavy atom. The fourth-order valence-corrected chi connectivity index (χ4v) is 2.74. The molecule has 5 nitrogen and oxygen atoms in total. The van der Waals surface area contributed by atoms with E-state index in [1.54, 1.807) is 4.90 Å². The largest absolute Gasteiger partial charge is 0.453 e. The van der Waals surface area contributed by atoms with Gasteiger partial charge in [0.15, 0.2) is 0 Å². The zero-order chi connectivity index (χ0) is 16.1. The molecule has 1 heterocycles. The van der Waals surface area contributed by atoms with Gasteiger partial charge in [0.25, 0.3) is 5.91 Å². The number of carbonyl (C=O) groups is 2. The maximum atomic E-state index is 13.6. The maximum Gasteiger partial charge on any atom is 0.409 e. The first-order valence-electron chi connectivity index (χ1n) is 7.08. The number of methoxy groups -OCH3 is 1. The first-order chi connectivity index (χ1) is 10.5. The number of hydrogen-bond donors (Lipinski definition) is 1. The minimum atomic E-state index is -0.634. The molecular weight excluding hydrogens is 311 g/mol. The highest BCUT2D eigenvalue weighted by Crippen LogP contribution is 2.20. The van der Waals surface area contributed by atoms with Crippen molar-refractivity contribution in [3.8, 4) is 0 Å². The molecule has 1 saturated heterocycles. The summed E-state index contributed by atoms with van der Waals surface area (Å²) in [6, 6.07) is 4.14. The van der Waals surface area contributed by atoms with Gasteiger partial charge in [-0.1, -0.05) is 17.7 Å². The van der Waals surface area contributed by atoms with Gasteiger partial charge in [0, 0.05) is 19.6 Å². The molecule has 1 fully saturated rings. The van der Waals surface area contributed by atoms with Crippen LogP contribution in [0.4, 0.5) is 9.18 Å². The van der Waals surface area contributed by atoms with E-state index < -0.39 is 11.7 Å². The molecule has 0 unspecified atom stereocenters. The van der Waals surface area contributed by atoms with Gasteiger partial charge in [0.2, 0.25) is 0 Å². The molecule has 0 radical (unpaired) electrons. The number of carbonyl (C=O) groups excluding carboxylic acids is 2. The lowest BCUT2D eigenvalue weighted by molar-refractivity contribution is 0.0911. The number of hydrogen-bond acceptors (Lipinski definition) is 3. The number of halogens is 2. The van der Waals surface area contributed by atoms with Gasteiger partial charge in [0.1, 0.15) is 5.82 Å². The molecule has 0 spiro atoms. The van der Waals surface area contributed by atoms with Crippen LogP contribution < -0.4 is 5.32 Å². The summed E-state index contributed by atoms with van der Waals surface area (Å²) in [5.74, 6) is -0.903. The van der Waals surface area contributed by atoms with E-state index in [1.165, 1.54) is 25.3 Å². The summed E-state index contributed by atoms with van der Waals surface area (Å²) in [6.45, 7) is 1.61. The molecule has 0 atom stereocenters. The van der Waals surface area contributed by atoms with Crippen molar-refractivity contribution in [2.75, 3.05) is 26.7 Å². The molecule has 1 aliphatic heterocycles. The van der Waals surface area contributed by atoms with Crippen molar-refractivity contribution in [1.29, 1.82) is 0 Å². The van der Waals surface area contributed by atoms with Gasteiger partial charge in [-0.15, -0.1) is 0 Å². The second-order valence-electron chi connectivity index (χ2n) is 5.21. The highest BCUT2D eigenvalue weighted by atomic mass is 35.5. The number of benzene rings is 1. The lowest BCUT2D eigenvalue weighted by atomic mass is 9.97. The fraction of sp³-hybridized carbons (Fsp3) is 0.467. The van der Waals surface area contributed by atoms with Crippen molar-refractivity contribution in [2.24, 2.45) is 5.92 Å². The van der Waals surface area contributed by atoms with E-state index in [0.717, 1.165) is 12.8 Å². The van der Waals surface area contributed by atoms with E-state index >= 15 is 0 Å². The molecule has 2 amide bonds. The molecule has 0 aliphatic carbocycles. The number of amides is 2. The van der Waals surface area contributed by atoms with Crippen LogP contribution in [0.1, 0.15) is 23.2 Å². The van der Waals surface area contributed by atoms with Crippen molar-refractivity contribution in [2.45, 2.75) is 12.8 Å². The van der Waals surface area contributed by atoms with Gasteiger partial charge in [-0.2, -0.15) is 0 Å². The van der Waals surface area contributed by atoms with Crippen molar-refractivity contribution >= 4 is 23.6 Å². The molecule has 1 aromatic carbocycles. The zero-order valence-electron chi connectivity index (χ0n) is 12.3. The summed E-state index contributed by atoms with van der Waals surface area (Å²) in [6.07, 6.45) is 1.20. The topological polar surface area (TPSA) is 58.6 Å². The molecule has 120 valence electrons. The summed E-state index contributed by atoms with van der Waals surface area (Å²) in [5, 5.41) is 2.81. The third kappa shape index (κ3) is 3.88. The van der Waals surface area contributed by atoms with Crippen LogP contribution in [0.25, 0.3) is 0 Å². The van der Waals surface area contributed by atoms with Crippen LogP contribution in [0.2, 0.25) is 5.02 Å². The van der Waals surface area contributed by atoms with Crippen LogP contribution in [0.15, 0.2) is 18.2 Å². The van der Waals surface area contributed by atoms with E-state index in [4.69, 9.17) is 11.6 Å². The normalized spacial score (nSPS) is 15.5. The minimum Gasteiger partial charge on any atom is -0.453 e. The molecule has 0 bridgehead atoms. The number of likely N-dealkylation sites (tertiary alicyclic amines) is 1. The molecule has 2 rings (SSSR count). The van der Waals surface area contributed by atoms with Gasteiger partial charge in [-0.05, 0) is 30.9 Å². The van der Waals surface area contributed by atoms with Gasteiger partial charge >= 0.3 is 6.09 Å². The number of nitrogens with zero attached hydrogens (tertiary/aromatic N) is 1. The van der Waals surface area contributed by atoms with Gasteiger partial charge in [-0.25, -0.2) is 9.18 Å². The number of ether oxygens (including phenoxy) is 1. The average molecular weight is 329 g/mol. The molecule has 1 aliphatic rings. The Labute approximate surface area is 133 Å². The summed E-state index contributed by atoms with van der Waals surface area (Å²) in [7, 11) is 1.35. The quantitative estimate of drug-likeness (QED) is 0.928. The molecule has 1 aromatic rings. The van der Waals surface area contributed by atoms with E-state index in [1.807, 2.05) is 0 Å². The van der Waals surface area contributed by atoms with E-state index in [9.17, 15) is 14.0 Å². The lowest BCUT2D eigenvalue weighted by Crippen LogP contribution is -2.41. The van der Waals surface area contributed by atoms with Crippen LogP contribution in [-0.2, 0) is 4.74 Å². The summed E-state index contributed by atoms with van der Waals surface area (Å²) in [5.41, 5.74) is -0.129. The lowest BCUT2D eigenvalue weighted by Gasteiger charge is -2.30. The van der Waals surface area contributed by atoms with E-state index in [2.05, 4.69) is 10.1 Å². The molecule has 22 heavy (non-hydrogen) atoms. The standard InChI is InChI=1S/C15H18ClFN2O3/c1-22-15(21)19-7-5-10(6-8-19)9-18-14(20)13-11(16)3-2-4-12(13)17/h2-4,10H,5-9H2,1H3,(H,18,20).